The molecule has 4 nitrogen and oxygen atoms in total. The fraction of sp³-hybridized carbons (Fsp3) is 0.545. The van der Waals surface area contributed by atoms with Crippen molar-refractivity contribution in [2.24, 2.45) is 0 Å². The van der Waals surface area contributed by atoms with Gasteiger partial charge in [0.05, 0.1) is 12.8 Å². The van der Waals surface area contributed by atoms with Crippen molar-refractivity contribution in [3.05, 3.63) is 18.1 Å². The molecule has 82 valence electrons. The smallest absolute Gasteiger partial charge is 0.216 e. The third-order valence-corrected chi connectivity index (χ3v) is 2.10. The molecule has 0 amide bonds. The second kappa shape index (κ2) is 6.11. The van der Waals surface area contributed by atoms with E-state index in [1.165, 1.54) is 6.33 Å². The Labute approximate surface area is 89.7 Å². The predicted octanol–water partition coefficient (Wildman–Crippen LogP) is 1.79. The highest BCUT2D eigenvalue weighted by atomic mass is 16.5. The Kier molecular flexibility index (Phi) is 4.74. The number of ketones is 1. The molecule has 1 heterocycles. The minimum absolute atomic E-state index is 0.220. The Morgan fingerprint density at radius 1 is 1.47 bits per heavy atom. The summed E-state index contributed by atoms with van der Waals surface area (Å²) < 4.78 is 4.96. The summed E-state index contributed by atoms with van der Waals surface area (Å²) in [5, 5.41) is 0. The number of ether oxygens (including phenoxy) is 1. The van der Waals surface area contributed by atoms with Crippen molar-refractivity contribution in [1.29, 1.82) is 0 Å². The molecule has 1 rings (SSSR count). The van der Waals surface area contributed by atoms with E-state index in [1.54, 1.807) is 13.2 Å². The van der Waals surface area contributed by atoms with Gasteiger partial charge in [0, 0.05) is 18.9 Å². The highest BCUT2D eigenvalue weighted by Crippen LogP contribution is 2.08. The number of rotatable bonds is 6. The summed E-state index contributed by atoms with van der Waals surface area (Å²) in [5.74, 6) is 0.723. The zero-order chi connectivity index (χ0) is 11.1. The second-order valence-electron chi connectivity index (χ2n) is 3.37. The van der Waals surface area contributed by atoms with Crippen LogP contribution in [-0.2, 0) is 11.2 Å². The number of Topliss-reactive ketones (excluding diaryl/α,β-unsaturated/α-hetero) is 1. The topological polar surface area (TPSA) is 52.1 Å². The monoisotopic (exact) mass is 208 g/mol. The van der Waals surface area contributed by atoms with E-state index in [2.05, 4.69) is 16.9 Å². The van der Waals surface area contributed by atoms with Gasteiger partial charge in [0.15, 0.2) is 0 Å². The van der Waals surface area contributed by atoms with Gasteiger partial charge in [0.25, 0.3) is 0 Å². The molecule has 0 fully saturated rings. The molecular weight excluding hydrogens is 192 g/mol. The molecule has 0 bridgehead atoms. The van der Waals surface area contributed by atoms with E-state index in [1.807, 2.05) is 0 Å². The predicted molar refractivity (Wildman–Crippen MR) is 56.8 cm³/mol. The van der Waals surface area contributed by atoms with Crippen LogP contribution in [0.2, 0.25) is 0 Å². The molecular formula is C11H16N2O2. The Morgan fingerprint density at radius 2 is 2.27 bits per heavy atom. The van der Waals surface area contributed by atoms with Crippen LogP contribution in [0, 0.1) is 0 Å². The fourth-order valence-electron chi connectivity index (χ4n) is 1.25. The number of nitrogens with zero attached hydrogens (tertiary/aromatic N) is 2. The van der Waals surface area contributed by atoms with E-state index in [4.69, 9.17) is 4.74 Å². The van der Waals surface area contributed by atoms with Crippen LogP contribution in [-0.4, -0.2) is 22.9 Å². The zero-order valence-corrected chi connectivity index (χ0v) is 9.19. The summed E-state index contributed by atoms with van der Waals surface area (Å²) in [6.07, 6.45) is 4.41. The third kappa shape index (κ3) is 4.06. The average Bonchev–Trinajstić information content (AvgIpc) is 2.26. The molecule has 0 radical (unpaired) electrons. The lowest BCUT2D eigenvalue weighted by atomic mass is 10.1. The Hall–Kier alpha value is -1.45. The third-order valence-electron chi connectivity index (χ3n) is 2.10. The van der Waals surface area contributed by atoms with Crippen LogP contribution in [0.4, 0.5) is 0 Å². The number of unbranched alkanes of at least 4 members (excludes halogenated alkanes) is 1. The lowest BCUT2D eigenvalue weighted by Gasteiger charge is -2.01. The molecule has 0 saturated carbocycles. The van der Waals surface area contributed by atoms with Crippen molar-refractivity contribution in [3.8, 4) is 5.88 Å². The highest BCUT2D eigenvalue weighted by Gasteiger charge is 2.05. The second-order valence-corrected chi connectivity index (χ2v) is 3.37. The summed E-state index contributed by atoms with van der Waals surface area (Å²) in [6, 6.07) is 1.70. The minimum atomic E-state index is 0.220. The van der Waals surface area contributed by atoms with Gasteiger partial charge in [-0.25, -0.2) is 9.97 Å². The van der Waals surface area contributed by atoms with Crippen molar-refractivity contribution in [2.45, 2.75) is 32.6 Å². The first-order valence-corrected chi connectivity index (χ1v) is 5.13. The highest BCUT2D eigenvalue weighted by molar-refractivity contribution is 5.80. The van der Waals surface area contributed by atoms with E-state index >= 15 is 0 Å². The van der Waals surface area contributed by atoms with Gasteiger partial charge < -0.3 is 4.74 Å². The molecule has 4 heteroatoms. The van der Waals surface area contributed by atoms with Crippen molar-refractivity contribution in [1.82, 2.24) is 9.97 Å². The van der Waals surface area contributed by atoms with E-state index in [0.717, 1.165) is 18.5 Å². The molecule has 1 aromatic rings. The van der Waals surface area contributed by atoms with Crippen molar-refractivity contribution in [2.75, 3.05) is 7.11 Å². The van der Waals surface area contributed by atoms with Gasteiger partial charge in [-0.2, -0.15) is 0 Å². The SMILES string of the molecule is CCCCC(=O)Cc1cc(OC)ncn1. The van der Waals surface area contributed by atoms with Gasteiger partial charge >= 0.3 is 0 Å². The van der Waals surface area contributed by atoms with Gasteiger partial charge in [-0.15, -0.1) is 0 Å². The number of carbonyl (C=O) groups excluding carboxylic acids is 1. The normalized spacial score (nSPS) is 10.0. The summed E-state index contributed by atoms with van der Waals surface area (Å²) >= 11 is 0. The van der Waals surface area contributed by atoms with E-state index in [0.29, 0.717) is 18.7 Å². The molecule has 0 N–H and O–H groups in total. The van der Waals surface area contributed by atoms with Crippen LogP contribution in [0.3, 0.4) is 0 Å². The van der Waals surface area contributed by atoms with Gasteiger partial charge in [-0.3, -0.25) is 4.79 Å². The largest absolute Gasteiger partial charge is 0.481 e. The molecule has 0 saturated heterocycles. The maximum atomic E-state index is 11.5. The molecule has 0 aromatic carbocycles. The first-order valence-electron chi connectivity index (χ1n) is 5.13. The summed E-state index contributed by atoms with van der Waals surface area (Å²) in [5.41, 5.74) is 0.725. The molecule has 15 heavy (non-hydrogen) atoms. The Morgan fingerprint density at radius 3 is 2.93 bits per heavy atom. The van der Waals surface area contributed by atoms with Gasteiger partial charge in [-0.1, -0.05) is 13.3 Å². The van der Waals surface area contributed by atoms with Crippen LogP contribution < -0.4 is 4.74 Å². The van der Waals surface area contributed by atoms with E-state index < -0.39 is 0 Å². The lowest BCUT2D eigenvalue weighted by Crippen LogP contribution is -2.04. The summed E-state index contributed by atoms with van der Waals surface area (Å²) in [7, 11) is 1.55. The lowest BCUT2D eigenvalue weighted by molar-refractivity contribution is -0.118. The van der Waals surface area contributed by atoms with Crippen LogP contribution in [0.5, 0.6) is 5.88 Å². The molecule has 0 aliphatic heterocycles. The van der Waals surface area contributed by atoms with Gasteiger partial charge in [0.1, 0.15) is 12.1 Å². The van der Waals surface area contributed by atoms with E-state index in [9.17, 15) is 4.79 Å². The van der Waals surface area contributed by atoms with Crippen LogP contribution in [0.25, 0.3) is 0 Å². The molecule has 0 atom stereocenters. The van der Waals surface area contributed by atoms with Crippen LogP contribution in [0.1, 0.15) is 31.9 Å². The number of hydrogen-bond acceptors (Lipinski definition) is 4. The van der Waals surface area contributed by atoms with Gasteiger partial charge in [0.2, 0.25) is 5.88 Å². The molecule has 0 spiro atoms. The van der Waals surface area contributed by atoms with E-state index in [-0.39, 0.29) is 5.78 Å². The molecule has 0 aliphatic carbocycles. The first-order chi connectivity index (χ1) is 7.26. The average molecular weight is 208 g/mol. The van der Waals surface area contributed by atoms with Crippen molar-refractivity contribution < 1.29 is 9.53 Å². The maximum Gasteiger partial charge on any atom is 0.216 e. The number of aromatic nitrogens is 2. The Bertz CT molecular complexity index is 326. The summed E-state index contributed by atoms with van der Waals surface area (Å²) in [4.78, 5) is 19.4. The Balaban J connectivity index is 2.52. The number of hydrogen-bond donors (Lipinski definition) is 0. The number of methoxy groups -OCH3 is 1. The molecule has 1 aromatic heterocycles. The quantitative estimate of drug-likeness (QED) is 0.715. The van der Waals surface area contributed by atoms with Crippen molar-refractivity contribution in [3.63, 3.8) is 0 Å². The van der Waals surface area contributed by atoms with Crippen LogP contribution >= 0.6 is 0 Å². The molecule has 0 aliphatic rings. The minimum Gasteiger partial charge on any atom is -0.481 e. The standard InChI is InChI=1S/C11H16N2O2/c1-3-4-5-10(14)6-9-7-11(15-2)13-8-12-9/h7-8H,3-6H2,1-2H3. The van der Waals surface area contributed by atoms with Gasteiger partial charge in [-0.05, 0) is 6.42 Å². The first kappa shape index (κ1) is 11.6. The van der Waals surface area contributed by atoms with Crippen LogP contribution in [0.15, 0.2) is 12.4 Å². The zero-order valence-electron chi connectivity index (χ0n) is 9.19. The molecule has 0 unspecified atom stereocenters. The fourth-order valence-corrected chi connectivity index (χ4v) is 1.25. The number of carbonyl (C=O) groups is 1. The van der Waals surface area contributed by atoms with Crippen molar-refractivity contribution >= 4 is 5.78 Å². The summed E-state index contributed by atoms with van der Waals surface area (Å²) in [6.45, 7) is 2.07. The maximum absolute atomic E-state index is 11.5.